The highest BCUT2D eigenvalue weighted by molar-refractivity contribution is 7.13. The van der Waals surface area contributed by atoms with Gasteiger partial charge >= 0.3 is 0 Å². The molecule has 0 bridgehead atoms. The fraction of sp³-hybridized carbons (Fsp3) is 0.167. The highest BCUT2D eigenvalue weighted by Gasteiger charge is 2.13. The van der Waals surface area contributed by atoms with Gasteiger partial charge in [-0.15, -0.1) is 11.3 Å². The van der Waals surface area contributed by atoms with Gasteiger partial charge in [-0.3, -0.25) is 4.79 Å². The lowest BCUT2D eigenvalue weighted by Crippen LogP contribution is -2.27. The van der Waals surface area contributed by atoms with E-state index < -0.39 is 0 Å². The van der Waals surface area contributed by atoms with Gasteiger partial charge in [0.25, 0.3) is 0 Å². The van der Waals surface area contributed by atoms with Crippen LogP contribution in [0.2, 0.25) is 0 Å². The number of nitrogens with two attached hydrogens (primary N) is 1. The number of hydrogen-bond acceptors (Lipinski definition) is 5. The van der Waals surface area contributed by atoms with Crippen LogP contribution in [-0.4, -0.2) is 23.0 Å². The van der Waals surface area contributed by atoms with E-state index in [4.69, 9.17) is 5.73 Å². The number of nitrogen functional groups attached to an aromatic ring is 1. The quantitative estimate of drug-likeness (QED) is 0.882. The van der Waals surface area contributed by atoms with Gasteiger partial charge in [0.05, 0.1) is 12.1 Å². The van der Waals surface area contributed by atoms with E-state index in [0.29, 0.717) is 10.8 Å². The monoisotopic (exact) mass is 263 g/mol. The first-order valence-corrected chi connectivity index (χ1v) is 6.19. The minimum atomic E-state index is -0.0778. The summed E-state index contributed by atoms with van der Waals surface area (Å²) in [6.45, 7) is 0. The van der Waals surface area contributed by atoms with E-state index in [1.807, 2.05) is 0 Å². The lowest BCUT2D eigenvalue weighted by molar-refractivity contribution is -0.117. The summed E-state index contributed by atoms with van der Waals surface area (Å²) in [7, 11) is 1.68. The maximum Gasteiger partial charge on any atom is 0.232 e. The topological polar surface area (TPSA) is 79.5 Å². The fourth-order valence-electron chi connectivity index (χ4n) is 1.50. The summed E-state index contributed by atoms with van der Waals surface area (Å²) in [5.41, 5.74) is 6.91. The van der Waals surface area contributed by atoms with Gasteiger partial charge in [0.1, 0.15) is 5.75 Å². The van der Waals surface area contributed by atoms with Crippen molar-refractivity contribution in [1.82, 2.24) is 4.98 Å². The number of benzene rings is 1. The van der Waals surface area contributed by atoms with E-state index in [9.17, 15) is 9.90 Å². The van der Waals surface area contributed by atoms with Crippen molar-refractivity contribution in [3.05, 3.63) is 35.3 Å². The molecule has 1 aromatic heterocycles. The van der Waals surface area contributed by atoms with E-state index in [0.717, 1.165) is 5.69 Å². The number of rotatable bonds is 3. The molecule has 0 aliphatic heterocycles. The van der Waals surface area contributed by atoms with Crippen molar-refractivity contribution in [3.63, 3.8) is 0 Å². The number of aromatic hydroxyl groups is 1. The molecule has 94 valence electrons. The highest BCUT2D eigenvalue weighted by atomic mass is 32.1. The average Bonchev–Trinajstić information content (AvgIpc) is 2.75. The summed E-state index contributed by atoms with van der Waals surface area (Å²) in [6, 6.07) is 6.45. The third kappa shape index (κ3) is 2.78. The van der Waals surface area contributed by atoms with Crippen LogP contribution in [0, 0.1) is 0 Å². The van der Waals surface area contributed by atoms with Gasteiger partial charge < -0.3 is 15.7 Å². The van der Waals surface area contributed by atoms with Crippen LogP contribution in [0.4, 0.5) is 10.8 Å². The van der Waals surface area contributed by atoms with Crippen molar-refractivity contribution in [2.24, 2.45) is 0 Å². The predicted octanol–water partition coefficient (Wildman–Crippen LogP) is 1.64. The molecule has 0 aliphatic carbocycles. The van der Waals surface area contributed by atoms with Crippen molar-refractivity contribution in [3.8, 4) is 5.75 Å². The number of thiazole rings is 1. The number of hydrogen-bond donors (Lipinski definition) is 2. The number of phenols is 1. The molecule has 0 fully saturated rings. The number of carbonyl (C=O) groups is 1. The Bertz CT molecular complexity index is 551. The molecule has 0 unspecified atom stereocenters. The summed E-state index contributed by atoms with van der Waals surface area (Å²) >= 11 is 1.32. The number of anilines is 2. The summed E-state index contributed by atoms with van der Waals surface area (Å²) in [5.74, 6) is 0.0952. The van der Waals surface area contributed by atoms with E-state index >= 15 is 0 Å². The molecule has 3 N–H and O–H groups in total. The Morgan fingerprint density at radius 1 is 1.44 bits per heavy atom. The summed E-state index contributed by atoms with van der Waals surface area (Å²) in [4.78, 5) is 17.6. The molecule has 0 saturated carbocycles. The predicted molar refractivity (Wildman–Crippen MR) is 71.7 cm³/mol. The van der Waals surface area contributed by atoms with Gasteiger partial charge in [0, 0.05) is 18.1 Å². The van der Waals surface area contributed by atoms with E-state index in [-0.39, 0.29) is 18.1 Å². The van der Waals surface area contributed by atoms with Gasteiger partial charge in [0.15, 0.2) is 5.13 Å². The number of likely N-dealkylation sites (N-methyl/N-ethyl adjacent to an activating group) is 1. The summed E-state index contributed by atoms with van der Waals surface area (Å²) < 4.78 is 0. The Kier molecular flexibility index (Phi) is 3.47. The first kappa shape index (κ1) is 12.4. The molecule has 0 atom stereocenters. The molecular weight excluding hydrogens is 250 g/mol. The summed E-state index contributed by atoms with van der Waals surface area (Å²) in [5, 5.41) is 11.4. The molecule has 2 aromatic rings. The summed E-state index contributed by atoms with van der Waals surface area (Å²) in [6.07, 6.45) is 0.213. The third-order valence-corrected chi connectivity index (χ3v) is 3.24. The van der Waals surface area contributed by atoms with Gasteiger partial charge in [-0.25, -0.2) is 4.98 Å². The molecule has 1 heterocycles. The van der Waals surface area contributed by atoms with Crippen LogP contribution in [0.3, 0.4) is 0 Å². The molecule has 18 heavy (non-hydrogen) atoms. The van der Waals surface area contributed by atoms with Crippen LogP contribution in [0.1, 0.15) is 5.69 Å². The maximum atomic E-state index is 12.0. The van der Waals surface area contributed by atoms with Crippen molar-refractivity contribution >= 4 is 28.1 Å². The lowest BCUT2D eigenvalue weighted by Gasteiger charge is -2.16. The zero-order valence-corrected chi connectivity index (χ0v) is 10.6. The highest BCUT2D eigenvalue weighted by Crippen LogP contribution is 2.18. The van der Waals surface area contributed by atoms with Crippen LogP contribution in [-0.2, 0) is 11.2 Å². The van der Waals surface area contributed by atoms with Gasteiger partial charge in [-0.1, -0.05) is 0 Å². The molecule has 0 radical (unpaired) electrons. The Hall–Kier alpha value is -2.08. The molecule has 1 aromatic carbocycles. The fourth-order valence-corrected chi connectivity index (χ4v) is 2.06. The second-order valence-corrected chi connectivity index (χ2v) is 4.71. The van der Waals surface area contributed by atoms with Crippen LogP contribution < -0.4 is 10.6 Å². The molecule has 2 rings (SSSR count). The first-order chi connectivity index (χ1) is 8.56. The van der Waals surface area contributed by atoms with Crippen LogP contribution in [0.15, 0.2) is 29.6 Å². The Labute approximate surface area is 108 Å². The molecule has 6 heteroatoms. The van der Waals surface area contributed by atoms with E-state index in [2.05, 4.69) is 4.98 Å². The van der Waals surface area contributed by atoms with Crippen molar-refractivity contribution < 1.29 is 9.90 Å². The SMILES string of the molecule is CN(C(=O)Cc1csc(N)n1)c1ccc(O)cc1. The molecule has 0 spiro atoms. The largest absolute Gasteiger partial charge is 0.508 e. The van der Waals surface area contributed by atoms with Crippen molar-refractivity contribution in [2.45, 2.75) is 6.42 Å². The van der Waals surface area contributed by atoms with Crippen LogP contribution in [0.5, 0.6) is 5.75 Å². The zero-order chi connectivity index (χ0) is 13.1. The zero-order valence-electron chi connectivity index (χ0n) is 9.83. The minimum Gasteiger partial charge on any atom is -0.508 e. The number of carbonyl (C=O) groups excluding carboxylic acids is 1. The Balaban J connectivity index is 2.07. The number of aromatic nitrogens is 1. The molecule has 0 saturated heterocycles. The molecular formula is C12H13N3O2S. The molecule has 1 amide bonds. The van der Waals surface area contributed by atoms with Crippen molar-refractivity contribution in [2.75, 3.05) is 17.7 Å². The van der Waals surface area contributed by atoms with E-state index in [1.165, 1.54) is 16.2 Å². The lowest BCUT2D eigenvalue weighted by atomic mass is 10.2. The first-order valence-electron chi connectivity index (χ1n) is 5.32. The Morgan fingerprint density at radius 2 is 2.11 bits per heavy atom. The molecule has 5 nitrogen and oxygen atoms in total. The Morgan fingerprint density at radius 3 is 2.67 bits per heavy atom. The van der Waals surface area contributed by atoms with Crippen LogP contribution >= 0.6 is 11.3 Å². The maximum absolute atomic E-state index is 12.0. The third-order valence-electron chi connectivity index (χ3n) is 2.51. The smallest absolute Gasteiger partial charge is 0.232 e. The van der Waals surface area contributed by atoms with Gasteiger partial charge in [0.2, 0.25) is 5.91 Å². The minimum absolute atomic E-state index is 0.0778. The van der Waals surface area contributed by atoms with Gasteiger partial charge in [-0.2, -0.15) is 0 Å². The number of phenolic OH excluding ortho intramolecular Hbond substituents is 1. The second-order valence-electron chi connectivity index (χ2n) is 3.82. The number of nitrogens with zero attached hydrogens (tertiary/aromatic N) is 2. The van der Waals surface area contributed by atoms with Crippen LogP contribution in [0.25, 0.3) is 0 Å². The molecule has 0 aliphatic rings. The average molecular weight is 263 g/mol. The second kappa shape index (κ2) is 5.05. The van der Waals surface area contributed by atoms with E-state index in [1.54, 1.807) is 36.7 Å². The van der Waals surface area contributed by atoms with Crippen molar-refractivity contribution in [1.29, 1.82) is 0 Å². The standard InChI is InChI=1S/C12H13N3O2S/c1-15(9-2-4-10(16)5-3-9)11(17)6-8-7-18-12(13)14-8/h2-5,7,16H,6H2,1H3,(H2,13,14). The number of amides is 1. The normalized spacial score (nSPS) is 10.3. The van der Waals surface area contributed by atoms with Gasteiger partial charge in [-0.05, 0) is 24.3 Å².